The molecule has 0 bridgehead atoms. The minimum Gasteiger partial charge on any atom is -0.366 e. The molecule has 3 aliphatic rings. The molecule has 18 heavy (non-hydrogen) atoms. The van der Waals surface area contributed by atoms with Crippen LogP contribution in [0.4, 0.5) is 0 Å². The highest BCUT2D eigenvalue weighted by molar-refractivity contribution is 4.99. The van der Waals surface area contributed by atoms with Crippen molar-refractivity contribution in [1.82, 2.24) is 0 Å². The van der Waals surface area contributed by atoms with Crippen molar-refractivity contribution in [3.8, 4) is 0 Å². The highest BCUT2D eigenvalue weighted by Crippen LogP contribution is 2.41. The Hall–Kier alpha value is -0.240. The Bertz CT molecular complexity index is 341. The summed E-state index contributed by atoms with van der Waals surface area (Å²) in [6.07, 6.45) is -2.38. The Balaban J connectivity index is 1.75. The molecule has 0 aromatic heterocycles. The lowest BCUT2D eigenvalue weighted by Crippen LogP contribution is -2.40. The van der Waals surface area contributed by atoms with Crippen molar-refractivity contribution in [2.45, 2.75) is 70.0 Å². The second-order valence-electron chi connectivity index (χ2n) is 5.92. The molecule has 1 N–H and O–H groups in total. The Morgan fingerprint density at radius 2 is 1.56 bits per heavy atom. The molecule has 0 radical (unpaired) electrons. The van der Waals surface area contributed by atoms with E-state index in [9.17, 15) is 5.11 Å². The van der Waals surface area contributed by atoms with Crippen molar-refractivity contribution >= 4 is 0 Å². The van der Waals surface area contributed by atoms with Gasteiger partial charge in [0.2, 0.25) is 0 Å². The average molecular weight is 260 g/mol. The van der Waals surface area contributed by atoms with Crippen LogP contribution in [-0.2, 0) is 23.7 Å². The summed E-state index contributed by atoms with van der Waals surface area (Å²) < 4.78 is 28.2. The first-order chi connectivity index (χ1) is 8.27. The van der Waals surface area contributed by atoms with Crippen molar-refractivity contribution in [3.63, 3.8) is 0 Å². The highest BCUT2D eigenvalue weighted by atomic mass is 16.8. The molecular formula is C12H20O6. The molecule has 0 amide bonds. The minimum atomic E-state index is -0.978. The maximum Gasteiger partial charge on any atom is 0.184 e. The summed E-state index contributed by atoms with van der Waals surface area (Å²) >= 11 is 0. The second kappa shape index (κ2) is 3.88. The molecule has 3 saturated heterocycles. The second-order valence-corrected chi connectivity index (χ2v) is 5.92. The van der Waals surface area contributed by atoms with E-state index in [1.807, 2.05) is 27.7 Å². The zero-order valence-corrected chi connectivity index (χ0v) is 11.1. The fraction of sp³-hybridized carbons (Fsp3) is 1.00. The van der Waals surface area contributed by atoms with E-state index >= 15 is 0 Å². The quantitative estimate of drug-likeness (QED) is 0.735. The lowest BCUT2D eigenvalue weighted by atomic mass is 10.1. The molecule has 0 aromatic rings. The molecule has 6 nitrogen and oxygen atoms in total. The lowest BCUT2D eigenvalue weighted by Gasteiger charge is -2.26. The number of ether oxygens (including phenoxy) is 5. The summed E-state index contributed by atoms with van der Waals surface area (Å²) in [5, 5.41) is 9.87. The van der Waals surface area contributed by atoms with Gasteiger partial charge in [-0.3, -0.25) is 0 Å². The lowest BCUT2D eigenvalue weighted by molar-refractivity contribution is -0.236. The smallest absolute Gasteiger partial charge is 0.184 e. The highest BCUT2D eigenvalue weighted by Gasteiger charge is 2.58. The van der Waals surface area contributed by atoms with Gasteiger partial charge in [0.15, 0.2) is 17.9 Å². The van der Waals surface area contributed by atoms with Crippen LogP contribution in [0, 0.1) is 0 Å². The van der Waals surface area contributed by atoms with E-state index in [0.29, 0.717) is 6.61 Å². The first-order valence-electron chi connectivity index (χ1n) is 6.28. The van der Waals surface area contributed by atoms with Gasteiger partial charge in [0, 0.05) is 0 Å². The summed E-state index contributed by atoms with van der Waals surface area (Å²) in [5.74, 6) is -1.32. The molecule has 0 aliphatic carbocycles. The number of hydrogen-bond donors (Lipinski definition) is 1. The normalized spacial score (nSPS) is 49.5. The Morgan fingerprint density at radius 3 is 2.17 bits per heavy atom. The maximum absolute atomic E-state index is 9.87. The molecule has 3 fully saturated rings. The van der Waals surface area contributed by atoms with Gasteiger partial charge in [-0.25, -0.2) is 0 Å². The van der Waals surface area contributed by atoms with Crippen LogP contribution in [0.15, 0.2) is 0 Å². The van der Waals surface area contributed by atoms with Crippen LogP contribution in [-0.4, -0.2) is 54.0 Å². The monoisotopic (exact) mass is 260 g/mol. The van der Waals surface area contributed by atoms with Gasteiger partial charge in [-0.05, 0) is 27.7 Å². The van der Waals surface area contributed by atoms with Gasteiger partial charge in [0.25, 0.3) is 0 Å². The van der Waals surface area contributed by atoms with Crippen LogP contribution < -0.4 is 0 Å². The fourth-order valence-corrected chi connectivity index (χ4v) is 2.78. The van der Waals surface area contributed by atoms with E-state index in [4.69, 9.17) is 23.7 Å². The predicted molar refractivity (Wildman–Crippen MR) is 59.6 cm³/mol. The van der Waals surface area contributed by atoms with Crippen molar-refractivity contribution < 1.29 is 28.8 Å². The van der Waals surface area contributed by atoms with Gasteiger partial charge in [0.1, 0.15) is 24.4 Å². The zero-order valence-electron chi connectivity index (χ0n) is 11.1. The zero-order chi connectivity index (χ0) is 13.1. The maximum atomic E-state index is 9.87. The molecule has 3 aliphatic heterocycles. The Labute approximate surface area is 106 Å². The minimum absolute atomic E-state index is 0.248. The van der Waals surface area contributed by atoms with Gasteiger partial charge in [-0.2, -0.15) is 0 Å². The van der Waals surface area contributed by atoms with E-state index in [0.717, 1.165) is 0 Å². The van der Waals surface area contributed by atoms with Gasteiger partial charge >= 0.3 is 0 Å². The predicted octanol–water partition coefficient (Wildman–Crippen LogP) is 0.375. The molecule has 3 unspecified atom stereocenters. The first-order valence-corrected chi connectivity index (χ1v) is 6.28. The number of aliphatic hydroxyl groups is 1. The summed E-state index contributed by atoms with van der Waals surface area (Å²) in [7, 11) is 0. The molecular weight excluding hydrogens is 240 g/mol. The molecule has 6 heteroatoms. The van der Waals surface area contributed by atoms with Crippen LogP contribution in [0.25, 0.3) is 0 Å². The molecule has 0 saturated carbocycles. The standard InChI is InChI=1S/C12H20O6/c1-11(2)14-5-6(16-11)7-8-9(10(13)15-7)18-12(3,4)17-8/h6-10,13H,5H2,1-4H3/t6?,7?,8-,9-,10?/m0/s1. The van der Waals surface area contributed by atoms with E-state index in [1.54, 1.807) is 0 Å². The van der Waals surface area contributed by atoms with Crippen LogP contribution in [0.2, 0.25) is 0 Å². The van der Waals surface area contributed by atoms with Crippen molar-refractivity contribution in [3.05, 3.63) is 0 Å². The van der Waals surface area contributed by atoms with E-state index < -0.39 is 24.0 Å². The van der Waals surface area contributed by atoms with E-state index in [2.05, 4.69) is 0 Å². The molecule has 3 rings (SSSR count). The Kier molecular flexibility index (Phi) is 2.75. The number of fused-ring (bicyclic) bond motifs is 1. The summed E-state index contributed by atoms with van der Waals surface area (Å²) in [6, 6.07) is 0. The van der Waals surface area contributed by atoms with Crippen molar-refractivity contribution in [1.29, 1.82) is 0 Å². The third-order valence-electron chi connectivity index (χ3n) is 3.46. The van der Waals surface area contributed by atoms with Crippen LogP contribution in [0.1, 0.15) is 27.7 Å². The number of rotatable bonds is 1. The van der Waals surface area contributed by atoms with Crippen molar-refractivity contribution in [2.75, 3.05) is 6.61 Å². The fourth-order valence-electron chi connectivity index (χ4n) is 2.78. The summed E-state index contributed by atoms with van der Waals surface area (Å²) in [5.41, 5.74) is 0. The molecule has 3 heterocycles. The third kappa shape index (κ3) is 2.07. The van der Waals surface area contributed by atoms with Crippen molar-refractivity contribution in [2.24, 2.45) is 0 Å². The third-order valence-corrected chi connectivity index (χ3v) is 3.46. The van der Waals surface area contributed by atoms with Crippen LogP contribution >= 0.6 is 0 Å². The molecule has 0 spiro atoms. The van der Waals surface area contributed by atoms with Gasteiger partial charge < -0.3 is 28.8 Å². The Morgan fingerprint density at radius 1 is 0.889 bits per heavy atom. The molecule has 0 aromatic carbocycles. The molecule has 104 valence electrons. The largest absolute Gasteiger partial charge is 0.366 e. The molecule has 5 atom stereocenters. The SMILES string of the molecule is CC1(C)OCC(C2OC(O)[C@H]3OC(C)(C)O[C@@H]23)O1. The van der Waals surface area contributed by atoms with Gasteiger partial charge in [0.05, 0.1) is 6.61 Å². The van der Waals surface area contributed by atoms with Gasteiger partial charge in [-0.1, -0.05) is 0 Å². The van der Waals surface area contributed by atoms with Crippen LogP contribution in [0.3, 0.4) is 0 Å². The topological polar surface area (TPSA) is 66.4 Å². The number of hydrogen-bond acceptors (Lipinski definition) is 6. The summed E-state index contributed by atoms with van der Waals surface area (Å²) in [4.78, 5) is 0. The summed E-state index contributed by atoms with van der Waals surface area (Å²) in [6.45, 7) is 7.78. The van der Waals surface area contributed by atoms with Crippen LogP contribution in [0.5, 0.6) is 0 Å². The van der Waals surface area contributed by atoms with Gasteiger partial charge in [-0.15, -0.1) is 0 Å². The van der Waals surface area contributed by atoms with E-state index in [-0.39, 0.29) is 18.3 Å². The average Bonchev–Trinajstić information content (AvgIpc) is 2.81. The number of aliphatic hydroxyl groups excluding tert-OH is 1. The first kappa shape index (κ1) is 12.8. The van der Waals surface area contributed by atoms with E-state index in [1.165, 1.54) is 0 Å².